The highest BCUT2D eigenvalue weighted by atomic mass is 35.5. The van der Waals surface area contributed by atoms with Gasteiger partial charge in [0, 0.05) is 27.6 Å². The Labute approximate surface area is 180 Å². The molecule has 0 saturated carbocycles. The molecule has 1 aliphatic heterocycles. The van der Waals surface area contributed by atoms with E-state index >= 15 is 0 Å². The van der Waals surface area contributed by atoms with Crippen molar-refractivity contribution in [3.05, 3.63) is 106 Å². The topological polar surface area (TPSA) is 29.1 Å². The fourth-order valence-electron chi connectivity index (χ4n) is 4.24. The van der Waals surface area contributed by atoms with Crippen molar-refractivity contribution in [1.82, 2.24) is 0 Å². The predicted octanol–water partition coefficient (Wildman–Crippen LogP) is 7.00. The van der Waals surface area contributed by atoms with Gasteiger partial charge in [0.05, 0.1) is 10.9 Å². The van der Waals surface area contributed by atoms with E-state index in [4.69, 9.17) is 11.6 Å². The summed E-state index contributed by atoms with van der Waals surface area (Å²) < 4.78 is 0. The number of hydrogen-bond acceptors (Lipinski definition) is 3. The van der Waals surface area contributed by atoms with Crippen LogP contribution in [0.25, 0.3) is 0 Å². The third-order valence-electron chi connectivity index (χ3n) is 5.65. The maximum Gasteiger partial charge on any atom is 0.162 e. The molecule has 0 radical (unpaired) electrons. The standard InChI is InChI=1S/C25H20ClNOS/c26-19-11-5-4-10-18(19)25-24-21(27-20-12-6-7-13-23(20)29-25)14-17(15-22(24)28)16-8-2-1-3-9-16/h1-13,17,25,27H,14-15H2/t17-,25-/m0/s1. The lowest BCUT2D eigenvalue weighted by Crippen LogP contribution is -2.24. The molecule has 0 spiro atoms. The van der Waals surface area contributed by atoms with E-state index in [1.54, 1.807) is 11.8 Å². The monoisotopic (exact) mass is 417 g/mol. The Morgan fingerprint density at radius 3 is 2.41 bits per heavy atom. The average molecular weight is 418 g/mol. The highest BCUT2D eigenvalue weighted by molar-refractivity contribution is 8.00. The first-order valence-electron chi connectivity index (χ1n) is 9.79. The van der Waals surface area contributed by atoms with Gasteiger partial charge in [-0.05, 0) is 41.7 Å². The van der Waals surface area contributed by atoms with Crippen LogP contribution < -0.4 is 5.32 Å². The van der Waals surface area contributed by atoms with Gasteiger partial charge >= 0.3 is 0 Å². The van der Waals surface area contributed by atoms with E-state index in [-0.39, 0.29) is 17.0 Å². The van der Waals surface area contributed by atoms with Gasteiger partial charge in [-0.3, -0.25) is 4.79 Å². The second-order valence-corrected chi connectivity index (χ2v) is 9.03. The lowest BCUT2D eigenvalue weighted by molar-refractivity contribution is -0.116. The summed E-state index contributed by atoms with van der Waals surface area (Å²) in [6.45, 7) is 0. The van der Waals surface area contributed by atoms with Crippen LogP contribution in [0.5, 0.6) is 0 Å². The van der Waals surface area contributed by atoms with Gasteiger partial charge in [-0.15, -0.1) is 11.8 Å². The number of benzene rings is 3. The molecule has 3 aromatic carbocycles. The Hall–Kier alpha value is -2.49. The summed E-state index contributed by atoms with van der Waals surface area (Å²) in [6, 6.07) is 26.5. The number of hydrogen-bond donors (Lipinski definition) is 1. The van der Waals surface area contributed by atoms with Crippen molar-refractivity contribution in [3.8, 4) is 0 Å². The largest absolute Gasteiger partial charge is 0.358 e. The van der Waals surface area contributed by atoms with Crippen molar-refractivity contribution in [1.29, 1.82) is 0 Å². The summed E-state index contributed by atoms with van der Waals surface area (Å²) in [4.78, 5) is 14.6. The van der Waals surface area contributed by atoms with E-state index in [9.17, 15) is 4.79 Å². The Morgan fingerprint density at radius 2 is 1.59 bits per heavy atom. The minimum atomic E-state index is -0.112. The zero-order valence-corrected chi connectivity index (χ0v) is 17.3. The number of para-hydroxylation sites is 1. The molecule has 1 aliphatic carbocycles. The molecule has 0 fully saturated rings. The van der Waals surface area contributed by atoms with Gasteiger partial charge in [0.25, 0.3) is 0 Å². The number of thioether (sulfide) groups is 1. The first-order valence-corrected chi connectivity index (χ1v) is 11.0. The first kappa shape index (κ1) is 18.5. The van der Waals surface area contributed by atoms with Gasteiger partial charge in [-0.25, -0.2) is 0 Å². The molecular formula is C25H20ClNOS. The maximum absolute atomic E-state index is 13.5. The SMILES string of the molecule is O=C1C[C@@H](c2ccccc2)CC2=C1[C@H](c1ccccc1Cl)Sc1ccccc1N2. The molecule has 2 atom stereocenters. The first-order chi connectivity index (χ1) is 14.2. The molecule has 1 heterocycles. The molecule has 5 rings (SSSR count). The van der Waals surface area contributed by atoms with Gasteiger partial charge in [0.2, 0.25) is 0 Å². The maximum atomic E-state index is 13.5. The molecular weight excluding hydrogens is 398 g/mol. The minimum Gasteiger partial charge on any atom is -0.358 e. The van der Waals surface area contributed by atoms with E-state index in [1.807, 2.05) is 54.6 Å². The molecule has 0 saturated heterocycles. The number of allylic oxidation sites excluding steroid dienone is 1. The molecule has 4 heteroatoms. The van der Waals surface area contributed by atoms with Gasteiger partial charge < -0.3 is 5.32 Å². The summed E-state index contributed by atoms with van der Waals surface area (Å²) in [7, 11) is 0. The van der Waals surface area contributed by atoms with Gasteiger partial charge in [0.15, 0.2) is 5.78 Å². The Kier molecular flexibility index (Phi) is 4.94. The van der Waals surface area contributed by atoms with Crippen LogP contribution in [-0.2, 0) is 4.79 Å². The van der Waals surface area contributed by atoms with Crippen LogP contribution in [0.1, 0.15) is 35.1 Å². The molecule has 0 bridgehead atoms. The lowest BCUT2D eigenvalue weighted by Gasteiger charge is -2.29. The molecule has 3 aromatic rings. The summed E-state index contributed by atoms with van der Waals surface area (Å²) in [5.74, 6) is 0.398. The molecule has 2 aliphatic rings. The highest BCUT2D eigenvalue weighted by Gasteiger charge is 2.37. The van der Waals surface area contributed by atoms with Gasteiger partial charge in [-0.1, -0.05) is 72.3 Å². The highest BCUT2D eigenvalue weighted by Crippen LogP contribution is 2.52. The summed E-state index contributed by atoms with van der Waals surface area (Å²) in [6.07, 6.45) is 1.35. The quantitative estimate of drug-likeness (QED) is 0.486. The fourth-order valence-corrected chi connectivity index (χ4v) is 5.93. The molecule has 0 aromatic heterocycles. The van der Waals surface area contributed by atoms with E-state index < -0.39 is 0 Å². The van der Waals surface area contributed by atoms with Crippen molar-refractivity contribution >= 4 is 34.8 Å². The van der Waals surface area contributed by atoms with Crippen LogP contribution in [0, 0.1) is 0 Å². The summed E-state index contributed by atoms with van der Waals surface area (Å²) >= 11 is 8.28. The number of Topliss-reactive ketones (excluding diaryl/α,β-unsaturated/α-hetero) is 1. The number of fused-ring (bicyclic) bond motifs is 1. The number of rotatable bonds is 2. The van der Waals surface area contributed by atoms with Crippen LogP contribution in [0.2, 0.25) is 5.02 Å². The lowest BCUT2D eigenvalue weighted by atomic mass is 9.80. The number of nitrogens with one attached hydrogen (secondary N) is 1. The predicted molar refractivity (Wildman–Crippen MR) is 121 cm³/mol. The zero-order valence-electron chi connectivity index (χ0n) is 15.8. The second kappa shape index (κ2) is 7.74. The molecule has 2 nitrogen and oxygen atoms in total. The second-order valence-electron chi connectivity index (χ2n) is 7.47. The summed E-state index contributed by atoms with van der Waals surface area (Å²) in [5.41, 5.74) is 5.16. The normalized spacial score (nSPS) is 21.1. The third-order valence-corrected chi connectivity index (χ3v) is 7.33. The Morgan fingerprint density at radius 1 is 0.862 bits per heavy atom. The average Bonchev–Trinajstić information content (AvgIpc) is 2.91. The Balaban J connectivity index is 1.64. The molecule has 29 heavy (non-hydrogen) atoms. The van der Waals surface area contributed by atoms with Crippen molar-refractivity contribution < 1.29 is 4.79 Å². The van der Waals surface area contributed by atoms with E-state index in [2.05, 4.69) is 29.6 Å². The summed E-state index contributed by atoms with van der Waals surface area (Å²) in [5, 5.41) is 4.20. The molecule has 144 valence electrons. The molecule has 0 unspecified atom stereocenters. The zero-order chi connectivity index (χ0) is 19.8. The van der Waals surface area contributed by atoms with E-state index in [1.165, 1.54) is 5.56 Å². The number of carbonyl (C=O) groups is 1. The van der Waals surface area contributed by atoms with Crippen molar-refractivity contribution in [3.63, 3.8) is 0 Å². The van der Waals surface area contributed by atoms with Crippen molar-refractivity contribution in [2.45, 2.75) is 28.9 Å². The van der Waals surface area contributed by atoms with Crippen LogP contribution in [0.15, 0.2) is 95.0 Å². The number of halogens is 1. The molecule has 0 amide bonds. The van der Waals surface area contributed by atoms with Gasteiger partial charge in [0.1, 0.15) is 0 Å². The van der Waals surface area contributed by atoms with Crippen molar-refractivity contribution in [2.24, 2.45) is 0 Å². The minimum absolute atomic E-state index is 0.112. The van der Waals surface area contributed by atoms with E-state index in [0.717, 1.165) is 33.8 Å². The van der Waals surface area contributed by atoms with Gasteiger partial charge in [-0.2, -0.15) is 0 Å². The fraction of sp³-hybridized carbons (Fsp3) is 0.160. The number of ketones is 1. The number of carbonyl (C=O) groups excluding carboxylic acids is 1. The van der Waals surface area contributed by atoms with Crippen LogP contribution in [0.4, 0.5) is 5.69 Å². The molecule has 1 N–H and O–H groups in total. The van der Waals surface area contributed by atoms with Crippen molar-refractivity contribution in [2.75, 3.05) is 5.32 Å². The van der Waals surface area contributed by atoms with Crippen LogP contribution in [-0.4, -0.2) is 5.78 Å². The van der Waals surface area contributed by atoms with Crippen LogP contribution >= 0.6 is 23.4 Å². The van der Waals surface area contributed by atoms with E-state index in [0.29, 0.717) is 11.4 Å². The van der Waals surface area contributed by atoms with Crippen LogP contribution in [0.3, 0.4) is 0 Å². The Bertz CT molecular complexity index is 1110. The smallest absolute Gasteiger partial charge is 0.162 e. The third kappa shape index (κ3) is 3.50. The number of anilines is 1.